The average Bonchev–Trinajstić information content (AvgIpc) is 3.12. The number of hydrogen-bond donors (Lipinski definition) is 1. The van der Waals surface area contributed by atoms with Crippen LogP contribution in [0.25, 0.3) is 20.8 Å². The highest BCUT2D eigenvalue weighted by atomic mass is 32.2. The molecule has 0 unspecified atom stereocenters. The third-order valence-corrected chi connectivity index (χ3v) is 7.35. The van der Waals surface area contributed by atoms with E-state index in [0.29, 0.717) is 25.9 Å². The normalized spacial score (nSPS) is 16.3. The Hall–Kier alpha value is -2.29. The summed E-state index contributed by atoms with van der Waals surface area (Å²) >= 11 is 1.62. The minimum absolute atomic E-state index is 0.0606. The van der Waals surface area contributed by atoms with Crippen LogP contribution in [0.4, 0.5) is 5.69 Å². The van der Waals surface area contributed by atoms with Crippen molar-refractivity contribution in [3.8, 4) is 10.6 Å². The molecule has 2 heterocycles. The Labute approximate surface area is 168 Å². The predicted octanol–water partition coefficient (Wildman–Crippen LogP) is 3.57. The van der Waals surface area contributed by atoms with Crippen LogP contribution in [-0.4, -0.2) is 43.0 Å². The highest BCUT2D eigenvalue weighted by molar-refractivity contribution is 7.88. The maximum absolute atomic E-state index is 12.6. The molecule has 3 aromatic rings. The van der Waals surface area contributed by atoms with E-state index in [-0.39, 0.29) is 11.8 Å². The van der Waals surface area contributed by atoms with Gasteiger partial charge in [0, 0.05) is 30.3 Å². The molecular formula is C20H21N3O3S2. The zero-order valence-corrected chi connectivity index (χ0v) is 17.1. The van der Waals surface area contributed by atoms with Crippen LogP contribution in [0.1, 0.15) is 12.8 Å². The van der Waals surface area contributed by atoms with Crippen molar-refractivity contribution in [3.05, 3.63) is 48.5 Å². The molecule has 1 saturated heterocycles. The summed E-state index contributed by atoms with van der Waals surface area (Å²) in [5.41, 5.74) is 2.66. The minimum Gasteiger partial charge on any atom is -0.326 e. The number of anilines is 1. The van der Waals surface area contributed by atoms with E-state index in [9.17, 15) is 13.2 Å². The molecule has 1 aromatic heterocycles. The molecule has 28 heavy (non-hydrogen) atoms. The molecule has 6 nitrogen and oxygen atoms in total. The van der Waals surface area contributed by atoms with Crippen molar-refractivity contribution in [2.45, 2.75) is 12.8 Å². The van der Waals surface area contributed by atoms with Gasteiger partial charge < -0.3 is 5.32 Å². The molecule has 0 aliphatic carbocycles. The largest absolute Gasteiger partial charge is 0.326 e. The molecule has 8 heteroatoms. The van der Waals surface area contributed by atoms with Gasteiger partial charge in [0.2, 0.25) is 15.9 Å². The van der Waals surface area contributed by atoms with Crippen LogP contribution in [0.2, 0.25) is 0 Å². The number of sulfonamides is 1. The van der Waals surface area contributed by atoms with E-state index in [1.54, 1.807) is 11.3 Å². The summed E-state index contributed by atoms with van der Waals surface area (Å²) < 4.78 is 25.8. The monoisotopic (exact) mass is 415 g/mol. The van der Waals surface area contributed by atoms with Gasteiger partial charge in [-0.25, -0.2) is 17.7 Å². The summed E-state index contributed by atoms with van der Waals surface area (Å²) in [5.74, 6) is -0.237. The topological polar surface area (TPSA) is 79.4 Å². The lowest BCUT2D eigenvalue weighted by Gasteiger charge is -2.29. The smallest absolute Gasteiger partial charge is 0.227 e. The number of carbonyl (C=O) groups excluding carboxylic acids is 1. The molecule has 1 fully saturated rings. The van der Waals surface area contributed by atoms with Crippen LogP contribution in [0.3, 0.4) is 0 Å². The van der Waals surface area contributed by atoms with Gasteiger partial charge >= 0.3 is 0 Å². The highest BCUT2D eigenvalue weighted by Crippen LogP contribution is 2.31. The fourth-order valence-corrected chi connectivity index (χ4v) is 5.26. The van der Waals surface area contributed by atoms with Gasteiger partial charge in [0.25, 0.3) is 0 Å². The van der Waals surface area contributed by atoms with Gasteiger partial charge in [-0.1, -0.05) is 24.3 Å². The number of para-hydroxylation sites is 1. The van der Waals surface area contributed by atoms with Gasteiger partial charge in [0.05, 0.1) is 16.5 Å². The first-order valence-corrected chi connectivity index (χ1v) is 11.8. The molecule has 1 N–H and O–H groups in total. The lowest BCUT2D eigenvalue weighted by Crippen LogP contribution is -2.40. The first kappa shape index (κ1) is 19.0. The second-order valence-corrected chi connectivity index (χ2v) is 10.0. The third-order valence-electron chi connectivity index (χ3n) is 4.96. The molecule has 4 rings (SSSR count). The summed E-state index contributed by atoms with van der Waals surface area (Å²) in [4.78, 5) is 17.3. The molecule has 1 aliphatic rings. The van der Waals surface area contributed by atoms with E-state index < -0.39 is 10.0 Å². The maximum atomic E-state index is 12.6. The van der Waals surface area contributed by atoms with Gasteiger partial charge in [0.15, 0.2) is 0 Å². The van der Waals surface area contributed by atoms with Crippen molar-refractivity contribution in [2.24, 2.45) is 5.92 Å². The lowest BCUT2D eigenvalue weighted by atomic mass is 9.97. The number of nitrogens with one attached hydrogen (secondary N) is 1. The quantitative estimate of drug-likeness (QED) is 0.706. The van der Waals surface area contributed by atoms with Gasteiger partial charge in [0.1, 0.15) is 5.01 Å². The number of nitrogens with zero attached hydrogens (tertiary/aromatic N) is 2. The first-order valence-electron chi connectivity index (χ1n) is 9.12. The van der Waals surface area contributed by atoms with Crippen LogP contribution in [0.5, 0.6) is 0 Å². The number of rotatable bonds is 4. The lowest BCUT2D eigenvalue weighted by molar-refractivity contribution is -0.120. The Bertz CT molecular complexity index is 1080. The Morgan fingerprint density at radius 2 is 1.89 bits per heavy atom. The average molecular weight is 416 g/mol. The molecule has 146 valence electrons. The second kappa shape index (κ2) is 7.62. The van der Waals surface area contributed by atoms with Gasteiger partial charge in [-0.15, -0.1) is 11.3 Å². The SMILES string of the molecule is CS(=O)(=O)N1CCC(C(=O)Nc2cccc(-c3nc4ccccc4s3)c2)CC1. The van der Waals surface area contributed by atoms with Gasteiger partial charge in [-0.3, -0.25) is 4.79 Å². The molecule has 0 radical (unpaired) electrons. The van der Waals surface area contributed by atoms with Crippen LogP contribution in [-0.2, 0) is 14.8 Å². The van der Waals surface area contributed by atoms with E-state index in [4.69, 9.17) is 0 Å². The summed E-state index contributed by atoms with van der Waals surface area (Å²) in [7, 11) is -3.19. The fraction of sp³-hybridized carbons (Fsp3) is 0.300. The molecule has 1 aliphatic heterocycles. The fourth-order valence-electron chi connectivity index (χ4n) is 3.42. The van der Waals surface area contributed by atoms with E-state index in [2.05, 4.69) is 10.3 Å². The Morgan fingerprint density at radius 3 is 2.61 bits per heavy atom. The van der Waals surface area contributed by atoms with Crippen molar-refractivity contribution < 1.29 is 13.2 Å². The molecule has 0 spiro atoms. The van der Waals surface area contributed by atoms with Crippen molar-refractivity contribution in [3.63, 3.8) is 0 Å². The minimum atomic E-state index is -3.19. The number of hydrogen-bond acceptors (Lipinski definition) is 5. The number of carbonyl (C=O) groups is 1. The number of thiazole rings is 1. The standard InChI is InChI=1S/C20H21N3O3S2/c1-28(25,26)23-11-9-14(10-12-23)19(24)21-16-6-4-5-15(13-16)20-22-17-7-2-3-8-18(17)27-20/h2-8,13-14H,9-12H2,1H3,(H,21,24). The second-order valence-electron chi connectivity index (χ2n) is 6.99. The summed E-state index contributed by atoms with van der Waals surface area (Å²) in [5, 5.41) is 3.89. The summed E-state index contributed by atoms with van der Waals surface area (Å²) in [6, 6.07) is 15.7. The number of amides is 1. The van der Waals surface area contributed by atoms with E-state index in [0.717, 1.165) is 26.5 Å². The molecule has 1 amide bonds. The number of piperidine rings is 1. The number of fused-ring (bicyclic) bond motifs is 1. The number of aromatic nitrogens is 1. The van der Waals surface area contributed by atoms with Crippen LogP contribution >= 0.6 is 11.3 Å². The van der Waals surface area contributed by atoms with Crippen molar-refractivity contribution in [2.75, 3.05) is 24.7 Å². The number of benzene rings is 2. The Kier molecular flexibility index (Phi) is 5.18. The zero-order valence-electron chi connectivity index (χ0n) is 15.5. The molecule has 0 atom stereocenters. The summed E-state index contributed by atoms with van der Waals surface area (Å²) in [6.45, 7) is 0.783. The van der Waals surface area contributed by atoms with Crippen molar-refractivity contribution in [1.82, 2.24) is 9.29 Å². The first-order chi connectivity index (χ1) is 13.4. The van der Waals surface area contributed by atoms with Crippen LogP contribution in [0.15, 0.2) is 48.5 Å². The third kappa shape index (κ3) is 4.09. The van der Waals surface area contributed by atoms with E-state index in [1.165, 1.54) is 10.6 Å². The Balaban J connectivity index is 1.46. The molecule has 0 saturated carbocycles. The molecule has 0 bridgehead atoms. The van der Waals surface area contributed by atoms with Gasteiger partial charge in [-0.2, -0.15) is 0 Å². The van der Waals surface area contributed by atoms with Crippen molar-refractivity contribution >= 4 is 43.2 Å². The van der Waals surface area contributed by atoms with Crippen LogP contribution in [0, 0.1) is 5.92 Å². The van der Waals surface area contributed by atoms with Crippen LogP contribution < -0.4 is 5.32 Å². The highest BCUT2D eigenvalue weighted by Gasteiger charge is 2.28. The molecule has 2 aromatic carbocycles. The summed E-state index contributed by atoms with van der Waals surface area (Å²) in [6.07, 6.45) is 2.29. The van der Waals surface area contributed by atoms with E-state index >= 15 is 0 Å². The van der Waals surface area contributed by atoms with Crippen molar-refractivity contribution in [1.29, 1.82) is 0 Å². The maximum Gasteiger partial charge on any atom is 0.227 e. The molecular weight excluding hydrogens is 394 g/mol. The predicted molar refractivity (Wildman–Crippen MR) is 113 cm³/mol. The zero-order chi connectivity index (χ0) is 19.7. The Morgan fingerprint density at radius 1 is 1.14 bits per heavy atom. The van der Waals surface area contributed by atoms with E-state index in [1.807, 2.05) is 48.5 Å². The van der Waals surface area contributed by atoms with Gasteiger partial charge in [-0.05, 0) is 37.1 Å².